The standard InChI is InChI=1S/C24H24Cl2N6S/c1-15-8-10-18(11-9-15)12-32-17(3)22(16(2)29-32)27-24(33)28-23-21(26)14-31(30-23)13-19-6-4-5-7-20(19)25/h4-11,14H,12-13H2,1-3H3,(H2,27,28,30,33). The van der Waals surface area contributed by atoms with Gasteiger partial charge in [-0.3, -0.25) is 9.36 Å². The number of benzene rings is 2. The summed E-state index contributed by atoms with van der Waals surface area (Å²) in [6.45, 7) is 7.24. The van der Waals surface area contributed by atoms with E-state index in [0.29, 0.717) is 34.1 Å². The predicted molar refractivity (Wildman–Crippen MR) is 140 cm³/mol. The van der Waals surface area contributed by atoms with Crippen molar-refractivity contribution in [1.82, 2.24) is 19.6 Å². The zero-order chi connectivity index (χ0) is 23.5. The molecule has 2 aromatic carbocycles. The normalized spacial score (nSPS) is 10.9. The number of hydrogen-bond acceptors (Lipinski definition) is 3. The first-order chi connectivity index (χ1) is 15.8. The van der Waals surface area contributed by atoms with Crippen molar-refractivity contribution in [3.8, 4) is 0 Å². The van der Waals surface area contributed by atoms with Gasteiger partial charge < -0.3 is 10.6 Å². The molecule has 2 heterocycles. The SMILES string of the molecule is Cc1ccc(Cn2nc(C)c(NC(=S)Nc3nn(Cc4ccccc4Cl)cc3Cl)c2C)cc1. The molecule has 0 aliphatic heterocycles. The Hall–Kier alpha value is -2.87. The number of anilines is 2. The van der Waals surface area contributed by atoms with Crippen LogP contribution in [0.3, 0.4) is 0 Å². The molecule has 0 unspecified atom stereocenters. The third kappa shape index (κ3) is 5.55. The highest BCUT2D eigenvalue weighted by Crippen LogP contribution is 2.24. The van der Waals surface area contributed by atoms with Gasteiger partial charge in [0.25, 0.3) is 0 Å². The lowest BCUT2D eigenvalue weighted by atomic mass is 10.1. The largest absolute Gasteiger partial charge is 0.329 e. The Kier molecular flexibility index (Phi) is 7.02. The van der Waals surface area contributed by atoms with Crippen molar-refractivity contribution >= 4 is 52.0 Å². The number of hydrogen-bond donors (Lipinski definition) is 2. The quantitative estimate of drug-likeness (QED) is 0.309. The van der Waals surface area contributed by atoms with Gasteiger partial charge in [-0.1, -0.05) is 71.2 Å². The molecule has 33 heavy (non-hydrogen) atoms. The number of aryl methyl sites for hydroxylation is 2. The first-order valence-corrected chi connectivity index (χ1v) is 11.6. The lowest BCUT2D eigenvalue weighted by molar-refractivity contribution is 0.659. The minimum absolute atomic E-state index is 0.390. The maximum Gasteiger partial charge on any atom is 0.176 e. The van der Waals surface area contributed by atoms with Crippen LogP contribution in [0.5, 0.6) is 0 Å². The Balaban J connectivity index is 1.44. The van der Waals surface area contributed by atoms with Crippen molar-refractivity contribution < 1.29 is 0 Å². The Labute approximate surface area is 208 Å². The van der Waals surface area contributed by atoms with Gasteiger partial charge in [-0.15, -0.1) is 0 Å². The monoisotopic (exact) mass is 498 g/mol. The maximum atomic E-state index is 6.38. The van der Waals surface area contributed by atoms with Crippen LogP contribution in [0.4, 0.5) is 11.5 Å². The first kappa shape index (κ1) is 23.3. The predicted octanol–water partition coefficient (Wildman–Crippen LogP) is 6.22. The summed E-state index contributed by atoms with van der Waals surface area (Å²) >= 11 is 18.2. The highest BCUT2D eigenvalue weighted by Gasteiger charge is 2.15. The molecule has 4 rings (SSSR count). The number of aromatic nitrogens is 4. The maximum absolute atomic E-state index is 6.38. The second kappa shape index (κ2) is 9.95. The smallest absolute Gasteiger partial charge is 0.176 e. The van der Waals surface area contributed by atoms with Crippen molar-refractivity contribution in [1.29, 1.82) is 0 Å². The van der Waals surface area contributed by atoms with E-state index in [1.54, 1.807) is 10.9 Å². The molecule has 9 heteroatoms. The lowest BCUT2D eigenvalue weighted by Crippen LogP contribution is -2.20. The average molecular weight is 499 g/mol. The van der Waals surface area contributed by atoms with Gasteiger partial charge in [0.05, 0.1) is 30.2 Å². The van der Waals surface area contributed by atoms with Gasteiger partial charge in [-0.05, 0) is 50.2 Å². The molecule has 6 nitrogen and oxygen atoms in total. The molecule has 0 spiro atoms. The molecule has 0 saturated carbocycles. The summed E-state index contributed by atoms with van der Waals surface area (Å²) in [5.41, 5.74) is 6.10. The summed E-state index contributed by atoms with van der Waals surface area (Å²) in [6.07, 6.45) is 1.74. The molecule has 0 aliphatic rings. The fourth-order valence-corrected chi connectivity index (χ4v) is 4.11. The Bertz CT molecular complexity index is 1290. The molecule has 0 fully saturated rings. The van der Waals surface area contributed by atoms with Crippen molar-refractivity contribution in [2.75, 3.05) is 10.6 Å². The fraction of sp³-hybridized carbons (Fsp3) is 0.208. The summed E-state index contributed by atoms with van der Waals surface area (Å²) < 4.78 is 3.70. The molecule has 0 atom stereocenters. The molecule has 170 valence electrons. The van der Waals surface area contributed by atoms with Crippen LogP contribution >= 0.6 is 35.4 Å². The van der Waals surface area contributed by atoms with Gasteiger partial charge >= 0.3 is 0 Å². The van der Waals surface area contributed by atoms with E-state index in [2.05, 4.69) is 52.0 Å². The molecule has 0 bridgehead atoms. The van der Waals surface area contributed by atoms with E-state index in [4.69, 9.17) is 35.4 Å². The van der Waals surface area contributed by atoms with E-state index in [0.717, 1.165) is 22.6 Å². The first-order valence-electron chi connectivity index (χ1n) is 10.4. The molecule has 0 amide bonds. The minimum atomic E-state index is 0.390. The van der Waals surface area contributed by atoms with Crippen molar-refractivity contribution in [2.24, 2.45) is 0 Å². The van der Waals surface area contributed by atoms with Gasteiger partial charge in [0.15, 0.2) is 10.9 Å². The Morgan fingerprint density at radius 1 is 0.909 bits per heavy atom. The van der Waals surface area contributed by atoms with E-state index in [1.807, 2.05) is 42.8 Å². The van der Waals surface area contributed by atoms with Crippen LogP contribution in [-0.4, -0.2) is 24.7 Å². The molecule has 2 N–H and O–H groups in total. The molecular weight excluding hydrogens is 475 g/mol. The molecule has 0 aliphatic carbocycles. The van der Waals surface area contributed by atoms with Crippen LogP contribution in [0.2, 0.25) is 10.0 Å². The highest BCUT2D eigenvalue weighted by atomic mass is 35.5. The third-order valence-electron chi connectivity index (χ3n) is 5.31. The molecular formula is C24H24Cl2N6S. The van der Waals surface area contributed by atoms with Crippen LogP contribution in [0.1, 0.15) is 28.1 Å². The third-order valence-corrected chi connectivity index (χ3v) is 6.16. The van der Waals surface area contributed by atoms with Crippen LogP contribution in [0, 0.1) is 20.8 Å². The minimum Gasteiger partial charge on any atom is -0.329 e. The lowest BCUT2D eigenvalue weighted by Gasteiger charge is -2.10. The van der Waals surface area contributed by atoms with Gasteiger partial charge in [0.2, 0.25) is 0 Å². The summed E-state index contributed by atoms with van der Waals surface area (Å²) in [7, 11) is 0. The average Bonchev–Trinajstić information content (AvgIpc) is 3.24. The molecule has 4 aromatic rings. The van der Waals surface area contributed by atoms with Crippen LogP contribution in [0.25, 0.3) is 0 Å². The van der Waals surface area contributed by atoms with E-state index < -0.39 is 0 Å². The van der Waals surface area contributed by atoms with Gasteiger partial charge in [0, 0.05) is 11.2 Å². The van der Waals surface area contributed by atoms with Gasteiger partial charge in [-0.2, -0.15) is 10.2 Å². The fourth-order valence-electron chi connectivity index (χ4n) is 3.51. The van der Waals surface area contributed by atoms with Gasteiger partial charge in [-0.25, -0.2) is 0 Å². The van der Waals surface area contributed by atoms with Gasteiger partial charge in [0.1, 0.15) is 5.02 Å². The number of thiocarbonyl (C=S) groups is 1. The summed E-state index contributed by atoms with van der Waals surface area (Å²) in [6, 6.07) is 16.1. The van der Waals surface area contributed by atoms with Crippen LogP contribution in [-0.2, 0) is 13.1 Å². The Morgan fingerprint density at radius 3 is 2.36 bits per heavy atom. The van der Waals surface area contributed by atoms with E-state index in [9.17, 15) is 0 Å². The highest BCUT2D eigenvalue weighted by molar-refractivity contribution is 7.80. The molecule has 0 radical (unpaired) electrons. The summed E-state index contributed by atoms with van der Waals surface area (Å²) in [5, 5.41) is 17.1. The van der Waals surface area contributed by atoms with Crippen LogP contribution in [0.15, 0.2) is 54.7 Å². The Morgan fingerprint density at radius 2 is 1.64 bits per heavy atom. The summed E-state index contributed by atoms with van der Waals surface area (Å²) in [5.74, 6) is 0.476. The van der Waals surface area contributed by atoms with E-state index in [1.165, 1.54) is 11.1 Å². The molecule has 2 aromatic heterocycles. The van der Waals surface area contributed by atoms with Crippen LogP contribution < -0.4 is 10.6 Å². The topological polar surface area (TPSA) is 59.7 Å². The zero-order valence-electron chi connectivity index (χ0n) is 18.6. The number of rotatable bonds is 6. The number of nitrogens with zero attached hydrogens (tertiary/aromatic N) is 4. The second-order valence-corrected chi connectivity index (χ2v) is 9.11. The van der Waals surface area contributed by atoms with Crippen molar-refractivity contribution in [3.05, 3.63) is 92.9 Å². The second-order valence-electron chi connectivity index (χ2n) is 7.88. The zero-order valence-corrected chi connectivity index (χ0v) is 20.9. The molecule has 0 saturated heterocycles. The van der Waals surface area contributed by atoms with E-state index in [-0.39, 0.29) is 0 Å². The number of halogens is 2. The van der Waals surface area contributed by atoms with Crippen molar-refractivity contribution in [2.45, 2.75) is 33.9 Å². The number of nitrogens with one attached hydrogen (secondary N) is 2. The summed E-state index contributed by atoms with van der Waals surface area (Å²) in [4.78, 5) is 0. The van der Waals surface area contributed by atoms with Crippen molar-refractivity contribution in [3.63, 3.8) is 0 Å². The van der Waals surface area contributed by atoms with E-state index >= 15 is 0 Å².